The summed E-state index contributed by atoms with van der Waals surface area (Å²) in [5.41, 5.74) is 0.997. The first-order chi connectivity index (χ1) is 9.27. The van der Waals surface area contributed by atoms with Gasteiger partial charge in [0.05, 0.1) is 15.1 Å². The summed E-state index contributed by atoms with van der Waals surface area (Å²) in [6.45, 7) is 4.30. The number of benzene rings is 1. The number of aryl methyl sites for hydroxylation is 2. The molecule has 0 radical (unpaired) electrons. The summed E-state index contributed by atoms with van der Waals surface area (Å²) in [6.07, 6.45) is 0. The fourth-order valence-electron chi connectivity index (χ4n) is 1.52. The maximum absolute atomic E-state index is 11.2. The van der Waals surface area contributed by atoms with E-state index in [9.17, 15) is 8.42 Å². The van der Waals surface area contributed by atoms with Crippen molar-refractivity contribution in [1.82, 2.24) is 4.98 Å². The molecule has 5 nitrogen and oxygen atoms in total. The molecule has 2 rings (SSSR count). The van der Waals surface area contributed by atoms with Crippen LogP contribution in [0.25, 0.3) is 0 Å². The van der Waals surface area contributed by atoms with Gasteiger partial charge in [0, 0.05) is 4.88 Å². The standard InChI is InChI=1S/C12H13BrN2O3S2/c1-7-8(2)19-12(15-7)6-18-11-4-3-9(5-10(11)13)20(14,16)17/h3-5H,6H2,1-2H3,(H2,14,16,17). The Balaban J connectivity index is 2.14. The number of ether oxygens (including phenoxy) is 1. The summed E-state index contributed by atoms with van der Waals surface area (Å²) in [7, 11) is -3.71. The number of hydrogen-bond donors (Lipinski definition) is 1. The quantitative estimate of drug-likeness (QED) is 0.888. The molecular weight excluding hydrogens is 364 g/mol. The zero-order chi connectivity index (χ0) is 14.9. The molecule has 0 atom stereocenters. The highest BCUT2D eigenvalue weighted by Crippen LogP contribution is 2.28. The van der Waals surface area contributed by atoms with Crippen LogP contribution in [0.4, 0.5) is 0 Å². The third-order valence-corrected chi connectivity index (χ3v) is 5.23. The SMILES string of the molecule is Cc1nc(COc2ccc(S(N)(=O)=O)cc2Br)sc1C. The molecule has 0 aliphatic carbocycles. The maximum atomic E-state index is 11.2. The summed E-state index contributed by atoms with van der Waals surface area (Å²) in [5.74, 6) is 0.544. The van der Waals surface area contributed by atoms with Gasteiger partial charge in [-0.2, -0.15) is 0 Å². The molecule has 2 N–H and O–H groups in total. The average Bonchev–Trinajstić information content (AvgIpc) is 2.66. The summed E-state index contributed by atoms with van der Waals surface area (Å²) < 4.78 is 28.6. The van der Waals surface area contributed by atoms with E-state index >= 15 is 0 Å². The Hall–Kier alpha value is -0.960. The average molecular weight is 377 g/mol. The molecule has 0 saturated heterocycles. The molecule has 0 amide bonds. The van der Waals surface area contributed by atoms with E-state index in [2.05, 4.69) is 20.9 Å². The van der Waals surface area contributed by atoms with E-state index < -0.39 is 10.0 Å². The predicted octanol–water partition coefficient (Wildman–Crippen LogP) is 2.75. The highest BCUT2D eigenvalue weighted by atomic mass is 79.9. The molecule has 0 aliphatic heterocycles. The summed E-state index contributed by atoms with van der Waals surface area (Å²) in [4.78, 5) is 5.57. The number of thiazole rings is 1. The molecule has 0 fully saturated rings. The minimum Gasteiger partial charge on any atom is -0.485 e. The van der Waals surface area contributed by atoms with Gasteiger partial charge in [-0.05, 0) is 48.0 Å². The van der Waals surface area contributed by atoms with Crippen LogP contribution in [0.15, 0.2) is 27.6 Å². The lowest BCUT2D eigenvalue weighted by Gasteiger charge is -2.07. The van der Waals surface area contributed by atoms with Crippen LogP contribution in [-0.4, -0.2) is 13.4 Å². The van der Waals surface area contributed by atoms with Crippen molar-refractivity contribution in [3.63, 3.8) is 0 Å². The lowest BCUT2D eigenvalue weighted by atomic mass is 10.3. The van der Waals surface area contributed by atoms with Crippen LogP contribution in [0.2, 0.25) is 0 Å². The Bertz CT molecular complexity index is 722. The smallest absolute Gasteiger partial charge is 0.238 e. The van der Waals surface area contributed by atoms with Gasteiger partial charge in [-0.15, -0.1) is 11.3 Å². The van der Waals surface area contributed by atoms with E-state index in [4.69, 9.17) is 9.88 Å². The van der Waals surface area contributed by atoms with Crippen LogP contribution >= 0.6 is 27.3 Å². The van der Waals surface area contributed by atoms with E-state index in [1.807, 2.05) is 13.8 Å². The number of nitrogens with zero attached hydrogens (tertiary/aromatic N) is 1. The molecule has 0 bridgehead atoms. The molecule has 20 heavy (non-hydrogen) atoms. The van der Waals surface area contributed by atoms with Gasteiger partial charge in [0.2, 0.25) is 10.0 Å². The van der Waals surface area contributed by atoms with Gasteiger partial charge >= 0.3 is 0 Å². The molecule has 0 aliphatic rings. The Morgan fingerprint density at radius 1 is 1.40 bits per heavy atom. The van der Waals surface area contributed by atoms with Gasteiger partial charge in [-0.25, -0.2) is 18.5 Å². The van der Waals surface area contributed by atoms with Crippen molar-refractivity contribution >= 4 is 37.3 Å². The first-order valence-electron chi connectivity index (χ1n) is 5.65. The molecule has 0 saturated carbocycles. The van der Waals surface area contributed by atoms with Crippen molar-refractivity contribution in [3.05, 3.63) is 38.3 Å². The normalized spacial score (nSPS) is 11.6. The van der Waals surface area contributed by atoms with Crippen molar-refractivity contribution in [2.45, 2.75) is 25.3 Å². The second-order valence-corrected chi connectivity index (χ2v) is 7.88. The van der Waals surface area contributed by atoms with Crippen LogP contribution in [-0.2, 0) is 16.6 Å². The van der Waals surface area contributed by atoms with Crippen LogP contribution in [0, 0.1) is 13.8 Å². The highest BCUT2D eigenvalue weighted by molar-refractivity contribution is 9.10. The molecule has 2 aromatic rings. The van der Waals surface area contributed by atoms with Crippen molar-refractivity contribution in [2.75, 3.05) is 0 Å². The number of sulfonamides is 1. The highest BCUT2D eigenvalue weighted by Gasteiger charge is 2.12. The molecule has 1 aromatic heterocycles. The molecule has 8 heteroatoms. The van der Waals surface area contributed by atoms with Crippen LogP contribution < -0.4 is 9.88 Å². The zero-order valence-electron chi connectivity index (χ0n) is 10.9. The van der Waals surface area contributed by atoms with Crippen LogP contribution in [0.5, 0.6) is 5.75 Å². The summed E-state index contributed by atoms with van der Waals surface area (Å²) >= 11 is 4.85. The molecule has 1 heterocycles. The fraction of sp³-hybridized carbons (Fsp3) is 0.250. The second kappa shape index (κ2) is 5.80. The number of rotatable bonds is 4. The van der Waals surface area contributed by atoms with E-state index in [0.717, 1.165) is 15.6 Å². The number of halogens is 1. The van der Waals surface area contributed by atoms with Gasteiger partial charge in [0.15, 0.2) is 0 Å². The summed E-state index contributed by atoms with van der Waals surface area (Å²) in [6, 6.07) is 4.40. The number of primary sulfonamides is 1. The Morgan fingerprint density at radius 2 is 2.10 bits per heavy atom. The predicted molar refractivity (Wildman–Crippen MR) is 81.4 cm³/mol. The van der Waals surface area contributed by atoms with E-state index in [1.54, 1.807) is 17.4 Å². The van der Waals surface area contributed by atoms with Crippen LogP contribution in [0.1, 0.15) is 15.6 Å². The lowest BCUT2D eigenvalue weighted by molar-refractivity contribution is 0.303. The van der Waals surface area contributed by atoms with E-state index in [1.165, 1.54) is 12.1 Å². The van der Waals surface area contributed by atoms with Crippen molar-refractivity contribution < 1.29 is 13.2 Å². The third-order valence-electron chi connectivity index (χ3n) is 2.66. The van der Waals surface area contributed by atoms with E-state index in [-0.39, 0.29) is 4.90 Å². The van der Waals surface area contributed by atoms with Crippen molar-refractivity contribution in [1.29, 1.82) is 0 Å². The Morgan fingerprint density at radius 3 is 2.60 bits per heavy atom. The third kappa shape index (κ3) is 3.57. The monoisotopic (exact) mass is 376 g/mol. The molecule has 108 valence electrons. The van der Waals surface area contributed by atoms with Gasteiger partial charge in [-0.1, -0.05) is 0 Å². The minimum atomic E-state index is -3.71. The van der Waals surface area contributed by atoms with Crippen molar-refractivity contribution in [3.8, 4) is 5.75 Å². The fourth-order valence-corrected chi connectivity index (χ4v) is 3.55. The Kier molecular flexibility index (Phi) is 4.48. The lowest BCUT2D eigenvalue weighted by Crippen LogP contribution is -2.12. The first-order valence-corrected chi connectivity index (χ1v) is 8.81. The number of aromatic nitrogens is 1. The number of hydrogen-bond acceptors (Lipinski definition) is 5. The molecular formula is C12H13BrN2O3S2. The Labute approximate surface area is 130 Å². The van der Waals surface area contributed by atoms with Gasteiger partial charge in [-0.3, -0.25) is 0 Å². The van der Waals surface area contributed by atoms with Gasteiger partial charge in [0.25, 0.3) is 0 Å². The first kappa shape index (κ1) is 15.4. The zero-order valence-corrected chi connectivity index (χ0v) is 14.1. The second-order valence-electron chi connectivity index (χ2n) is 4.18. The van der Waals surface area contributed by atoms with Gasteiger partial charge < -0.3 is 4.74 Å². The molecule has 1 aromatic carbocycles. The maximum Gasteiger partial charge on any atom is 0.238 e. The van der Waals surface area contributed by atoms with E-state index in [0.29, 0.717) is 16.8 Å². The number of nitrogens with two attached hydrogens (primary N) is 1. The molecule has 0 spiro atoms. The largest absolute Gasteiger partial charge is 0.485 e. The minimum absolute atomic E-state index is 0.0395. The van der Waals surface area contributed by atoms with Crippen molar-refractivity contribution in [2.24, 2.45) is 5.14 Å². The van der Waals surface area contributed by atoms with Crippen LogP contribution in [0.3, 0.4) is 0 Å². The topological polar surface area (TPSA) is 82.3 Å². The van der Waals surface area contributed by atoms with Gasteiger partial charge in [0.1, 0.15) is 17.4 Å². The summed E-state index contributed by atoms with van der Waals surface area (Å²) in [5, 5.41) is 5.94. The molecule has 0 unspecified atom stereocenters.